The van der Waals surface area contributed by atoms with Crippen LogP contribution in [0.3, 0.4) is 0 Å². The molecule has 0 heterocycles. The minimum atomic E-state index is -0.469. The van der Waals surface area contributed by atoms with E-state index in [0.29, 0.717) is 6.54 Å². The van der Waals surface area contributed by atoms with E-state index in [4.69, 9.17) is 4.74 Å². The Bertz CT molecular complexity index is 469. The average molecular weight is 324 g/mol. The minimum absolute atomic E-state index is 0.00257. The van der Waals surface area contributed by atoms with E-state index in [0.717, 1.165) is 0 Å². The molecule has 1 aromatic rings. The summed E-state index contributed by atoms with van der Waals surface area (Å²) >= 11 is 1.74. The van der Waals surface area contributed by atoms with Gasteiger partial charge in [0.1, 0.15) is 5.60 Å². The number of benzene rings is 1. The summed E-state index contributed by atoms with van der Waals surface area (Å²) in [4.78, 5) is 13.0. The van der Waals surface area contributed by atoms with Crippen LogP contribution in [0.5, 0.6) is 0 Å². The molecule has 2 atom stereocenters. The van der Waals surface area contributed by atoms with Crippen LogP contribution >= 0.6 is 11.8 Å². The summed E-state index contributed by atoms with van der Waals surface area (Å²) in [6.07, 6.45) is 1.69. The molecule has 2 unspecified atom stereocenters. The highest BCUT2D eigenvalue weighted by Gasteiger charge is 2.17. The van der Waals surface area contributed by atoms with Gasteiger partial charge < -0.3 is 15.4 Å². The standard InChI is InChI=1S/C17H28N2O2S/c1-12(19-16(20)21-17(3,4)5)11-18-13(2)14-7-9-15(22-6)10-8-14/h7-10,12-13,18H,11H2,1-6H3,(H,19,20). The molecular weight excluding hydrogens is 296 g/mol. The molecule has 124 valence electrons. The highest BCUT2D eigenvalue weighted by atomic mass is 32.2. The SMILES string of the molecule is CSc1ccc(C(C)NCC(C)NC(=O)OC(C)(C)C)cc1. The maximum absolute atomic E-state index is 11.7. The Labute approximate surface area is 138 Å². The van der Waals surface area contributed by atoms with E-state index in [1.165, 1.54) is 10.5 Å². The molecule has 0 saturated carbocycles. The number of rotatable bonds is 6. The number of carbonyl (C=O) groups excluding carboxylic acids is 1. The second-order valence-electron chi connectivity index (χ2n) is 6.45. The van der Waals surface area contributed by atoms with E-state index >= 15 is 0 Å². The Morgan fingerprint density at radius 2 is 1.82 bits per heavy atom. The molecule has 4 nitrogen and oxygen atoms in total. The van der Waals surface area contributed by atoms with E-state index in [2.05, 4.69) is 48.1 Å². The van der Waals surface area contributed by atoms with E-state index in [1.807, 2.05) is 27.7 Å². The van der Waals surface area contributed by atoms with E-state index in [1.54, 1.807) is 11.8 Å². The zero-order valence-electron chi connectivity index (χ0n) is 14.4. The fourth-order valence-electron chi connectivity index (χ4n) is 1.92. The van der Waals surface area contributed by atoms with E-state index < -0.39 is 5.60 Å². The highest BCUT2D eigenvalue weighted by Crippen LogP contribution is 2.18. The highest BCUT2D eigenvalue weighted by molar-refractivity contribution is 7.98. The van der Waals surface area contributed by atoms with Crippen LogP contribution in [0.1, 0.15) is 46.2 Å². The third-order valence-corrected chi connectivity index (χ3v) is 3.85. The van der Waals surface area contributed by atoms with Gasteiger partial charge in [-0.3, -0.25) is 0 Å². The second-order valence-corrected chi connectivity index (χ2v) is 7.33. The Balaban J connectivity index is 2.39. The van der Waals surface area contributed by atoms with Crippen LogP contribution in [0.15, 0.2) is 29.2 Å². The molecule has 0 saturated heterocycles. The normalized spacial score (nSPS) is 14.3. The number of nitrogens with one attached hydrogen (secondary N) is 2. The van der Waals surface area contributed by atoms with Crippen molar-refractivity contribution in [1.29, 1.82) is 0 Å². The van der Waals surface area contributed by atoms with Gasteiger partial charge in [-0.1, -0.05) is 12.1 Å². The first-order valence-electron chi connectivity index (χ1n) is 7.58. The number of ether oxygens (including phenoxy) is 1. The first-order chi connectivity index (χ1) is 10.2. The molecule has 1 aromatic carbocycles. The van der Waals surface area contributed by atoms with Gasteiger partial charge >= 0.3 is 6.09 Å². The van der Waals surface area contributed by atoms with Crippen LogP contribution in [-0.2, 0) is 4.74 Å². The molecule has 0 radical (unpaired) electrons. The number of alkyl carbamates (subject to hydrolysis) is 1. The lowest BCUT2D eigenvalue weighted by molar-refractivity contribution is 0.0507. The minimum Gasteiger partial charge on any atom is -0.444 e. The number of hydrogen-bond acceptors (Lipinski definition) is 4. The lowest BCUT2D eigenvalue weighted by Gasteiger charge is -2.23. The zero-order valence-corrected chi connectivity index (χ0v) is 15.2. The van der Waals surface area contributed by atoms with E-state index in [9.17, 15) is 4.79 Å². The Morgan fingerprint density at radius 3 is 2.32 bits per heavy atom. The molecular formula is C17H28N2O2S. The molecule has 22 heavy (non-hydrogen) atoms. The van der Waals surface area contributed by atoms with Crippen molar-refractivity contribution in [3.8, 4) is 0 Å². The van der Waals surface area contributed by atoms with Gasteiger partial charge in [-0.2, -0.15) is 0 Å². The van der Waals surface area contributed by atoms with Crippen molar-refractivity contribution in [3.63, 3.8) is 0 Å². The summed E-state index contributed by atoms with van der Waals surface area (Å²) in [5, 5.41) is 6.26. The summed E-state index contributed by atoms with van der Waals surface area (Å²) in [7, 11) is 0. The van der Waals surface area contributed by atoms with Crippen LogP contribution in [0.4, 0.5) is 4.79 Å². The molecule has 0 aliphatic carbocycles. The fraction of sp³-hybridized carbons (Fsp3) is 0.588. The molecule has 2 N–H and O–H groups in total. The predicted octanol–water partition coefficient (Wildman–Crippen LogP) is 3.97. The molecule has 0 bridgehead atoms. The van der Waals surface area contributed by atoms with Gasteiger partial charge in [-0.25, -0.2) is 4.79 Å². The van der Waals surface area contributed by atoms with Gasteiger partial charge in [0.05, 0.1) is 0 Å². The average Bonchev–Trinajstić information content (AvgIpc) is 2.42. The topological polar surface area (TPSA) is 50.4 Å². The van der Waals surface area contributed by atoms with Gasteiger partial charge in [0, 0.05) is 23.5 Å². The van der Waals surface area contributed by atoms with Crippen molar-refractivity contribution < 1.29 is 9.53 Å². The number of hydrogen-bond donors (Lipinski definition) is 2. The van der Waals surface area contributed by atoms with Crippen molar-refractivity contribution in [2.24, 2.45) is 0 Å². The van der Waals surface area contributed by atoms with Crippen LogP contribution in [0, 0.1) is 0 Å². The second kappa shape index (κ2) is 8.44. The molecule has 0 aliphatic rings. The van der Waals surface area contributed by atoms with Crippen LogP contribution in [0.25, 0.3) is 0 Å². The van der Waals surface area contributed by atoms with Crippen LogP contribution < -0.4 is 10.6 Å². The fourth-order valence-corrected chi connectivity index (χ4v) is 2.33. The van der Waals surface area contributed by atoms with Gasteiger partial charge in [0.25, 0.3) is 0 Å². The summed E-state index contributed by atoms with van der Waals surface area (Å²) in [6, 6.07) is 8.76. The molecule has 1 rings (SSSR count). The lowest BCUT2D eigenvalue weighted by Crippen LogP contribution is -2.43. The summed E-state index contributed by atoms with van der Waals surface area (Å²) in [5.74, 6) is 0. The Kier molecular flexibility index (Phi) is 7.23. The van der Waals surface area contributed by atoms with Crippen LogP contribution in [0.2, 0.25) is 0 Å². The molecule has 0 aromatic heterocycles. The number of carbonyl (C=O) groups is 1. The first-order valence-corrected chi connectivity index (χ1v) is 8.80. The van der Waals surface area contributed by atoms with Crippen molar-refractivity contribution >= 4 is 17.9 Å². The van der Waals surface area contributed by atoms with Crippen LogP contribution in [-0.4, -0.2) is 30.5 Å². The largest absolute Gasteiger partial charge is 0.444 e. The number of amides is 1. The molecule has 0 fully saturated rings. The van der Waals surface area contributed by atoms with Crippen molar-refractivity contribution in [2.45, 2.75) is 57.2 Å². The van der Waals surface area contributed by atoms with E-state index in [-0.39, 0.29) is 18.2 Å². The third kappa shape index (κ3) is 7.18. The first kappa shape index (κ1) is 18.8. The van der Waals surface area contributed by atoms with Gasteiger partial charge in [-0.05, 0) is 58.6 Å². The quantitative estimate of drug-likeness (QED) is 0.777. The third-order valence-electron chi connectivity index (χ3n) is 3.11. The summed E-state index contributed by atoms with van der Waals surface area (Å²) < 4.78 is 5.25. The molecule has 0 aliphatic heterocycles. The smallest absolute Gasteiger partial charge is 0.407 e. The molecule has 1 amide bonds. The molecule has 0 spiro atoms. The monoisotopic (exact) mass is 324 g/mol. The van der Waals surface area contributed by atoms with Gasteiger partial charge in [0.15, 0.2) is 0 Å². The maximum atomic E-state index is 11.7. The Hall–Kier alpha value is -1.20. The summed E-state index contributed by atoms with van der Waals surface area (Å²) in [5.41, 5.74) is 0.770. The van der Waals surface area contributed by atoms with Gasteiger partial charge in [-0.15, -0.1) is 11.8 Å². The van der Waals surface area contributed by atoms with Crippen molar-refractivity contribution in [2.75, 3.05) is 12.8 Å². The van der Waals surface area contributed by atoms with Crippen molar-refractivity contribution in [3.05, 3.63) is 29.8 Å². The number of thioether (sulfide) groups is 1. The molecule has 5 heteroatoms. The predicted molar refractivity (Wildman–Crippen MR) is 93.5 cm³/mol. The van der Waals surface area contributed by atoms with Gasteiger partial charge in [0.2, 0.25) is 0 Å². The lowest BCUT2D eigenvalue weighted by atomic mass is 10.1. The zero-order chi connectivity index (χ0) is 16.8. The van der Waals surface area contributed by atoms with Crippen molar-refractivity contribution in [1.82, 2.24) is 10.6 Å². The maximum Gasteiger partial charge on any atom is 0.407 e. The Morgan fingerprint density at radius 1 is 1.23 bits per heavy atom. The summed E-state index contributed by atoms with van der Waals surface area (Å²) in [6.45, 7) is 10.3.